The normalized spacial score (nSPS) is 9.21. The number of rotatable bonds is 4. The molecule has 1 aromatic carbocycles. The lowest BCUT2D eigenvalue weighted by Gasteiger charge is -2.01. The van der Waals surface area contributed by atoms with Crippen molar-refractivity contribution in [3.63, 3.8) is 0 Å². The molecular formula is C10H10O4. The summed E-state index contributed by atoms with van der Waals surface area (Å²) in [4.78, 5) is 20.9. The van der Waals surface area contributed by atoms with Crippen molar-refractivity contribution in [2.24, 2.45) is 0 Å². The minimum absolute atomic E-state index is 0.213. The van der Waals surface area contributed by atoms with Gasteiger partial charge in [-0.25, -0.2) is 4.79 Å². The fourth-order valence-corrected chi connectivity index (χ4v) is 0.985. The van der Waals surface area contributed by atoms with E-state index < -0.39 is 0 Å². The summed E-state index contributed by atoms with van der Waals surface area (Å²) < 4.78 is 9.08. The lowest BCUT2D eigenvalue weighted by Crippen LogP contribution is -2.01. The van der Waals surface area contributed by atoms with E-state index in [1.807, 2.05) is 0 Å². The van der Waals surface area contributed by atoms with Crippen molar-refractivity contribution in [2.75, 3.05) is 7.11 Å². The summed E-state index contributed by atoms with van der Waals surface area (Å²) >= 11 is 0. The molecule has 0 aliphatic rings. The number of esters is 1. The number of benzene rings is 1. The number of hydrogen-bond donors (Lipinski definition) is 0. The Hall–Kier alpha value is -1.84. The van der Waals surface area contributed by atoms with Gasteiger partial charge in [-0.05, 0) is 17.7 Å². The molecule has 0 unspecified atom stereocenters. The molecule has 4 nitrogen and oxygen atoms in total. The van der Waals surface area contributed by atoms with E-state index in [-0.39, 0.29) is 12.6 Å². The lowest BCUT2D eigenvalue weighted by atomic mass is 10.1. The third kappa shape index (κ3) is 2.58. The van der Waals surface area contributed by atoms with Crippen LogP contribution in [0.25, 0.3) is 0 Å². The van der Waals surface area contributed by atoms with Gasteiger partial charge in [0.05, 0.1) is 12.7 Å². The fraction of sp³-hybridized carbons (Fsp3) is 0.200. The standard InChI is InChI=1S/C10H10O4/c1-13-10(12)9-4-2-8(3-5-9)6-14-7-11/h2-5,7H,6H2,1H3. The molecule has 0 aromatic heterocycles. The largest absolute Gasteiger partial charge is 0.465 e. The maximum Gasteiger partial charge on any atom is 0.337 e. The van der Waals surface area contributed by atoms with Crippen LogP contribution in [0, 0.1) is 0 Å². The third-order valence-electron chi connectivity index (χ3n) is 1.69. The van der Waals surface area contributed by atoms with Crippen molar-refractivity contribution in [3.05, 3.63) is 35.4 Å². The molecule has 1 aromatic rings. The summed E-state index contributed by atoms with van der Waals surface area (Å²) in [7, 11) is 1.33. The van der Waals surface area contributed by atoms with Gasteiger partial charge in [-0.15, -0.1) is 0 Å². The minimum Gasteiger partial charge on any atom is -0.465 e. The van der Waals surface area contributed by atoms with Crippen LogP contribution in [-0.2, 0) is 20.9 Å². The third-order valence-corrected chi connectivity index (χ3v) is 1.69. The quantitative estimate of drug-likeness (QED) is 0.533. The van der Waals surface area contributed by atoms with Crippen LogP contribution in [0.2, 0.25) is 0 Å². The average Bonchev–Trinajstić information content (AvgIpc) is 2.26. The Morgan fingerprint density at radius 1 is 1.36 bits per heavy atom. The topological polar surface area (TPSA) is 52.6 Å². The molecule has 0 aliphatic carbocycles. The Morgan fingerprint density at radius 3 is 2.50 bits per heavy atom. The van der Waals surface area contributed by atoms with Gasteiger partial charge < -0.3 is 9.47 Å². The van der Waals surface area contributed by atoms with Crippen LogP contribution in [0.15, 0.2) is 24.3 Å². The van der Waals surface area contributed by atoms with Crippen LogP contribution in [0.5, 0.6) is 0 Å². The Kier molecular flexibility index (Phi) is 3.67. The van der Waals surface area contributed by atoms with Crippen LogP contribution in [-0.4, -0.2) is 19.6 Å². The highest BCUT2D eigenvalue weighted by Crippen LogP contribution is 2.06. The average molecular weight is 194 g/mol. The molecule has 0 fully saturated rings. The molecule has 0 heterocycles. The molecule has 1 rings (SSSR count). The van der Waals surface area contributed by atoms with Gasteiger partial charge in [-0.3, -0.25) is 4.79 Å². The van der Waals surface area contributed by atoms with E-state index in [0.29, 0.717) is 12.0 Å². The molecule has 0 saturated carbocycles. The van der Waals surface area contributed by atoms with Gasteiger partial charge in [0.2, 0.25) is 0 Å². The highest BCUT2D eigenvalue weighted by Gasteiger charge is 2.03. The Labute approximate surface area is 81.4 Å². The smallest absolute Gasteiger partial charge is 0.337 e. The zero-order chi connectivity index (χ0) is 10.4. The van der Waals surface area contributed by atoms with Crippen LogP contribution in [0.4, 0.5) is 0 Å². The van der Waals surface area contributed by atoms with Crippen LogP contribution < -0.4 is 0 Å². The highest BCUT2D eigenvalue weighted by atomic mass is 16.5. The van der Waals surface area contributed by atoms with Gasteiger partial charge in [0.1, 0.15) is 6.61 Å². The van der Waals surface area contributed by atoms with E-state index >= 15 is 0 Å². The molecule has 0 amide bonds. The second-order valence-corrected chi connectivity index (χ2v) is 2.60. The van der Waals surface area contributed by atoms with Gasteiger partial charge in [-0.1, -0.05) is 12.1 Å². The van der Waals surface area contributed by atoms with Crippen molar-refractivity contribution >= 4 is 12.4 Å². The molecule has 0 bridgehead atoms. The maximum absolute atomic E-state index is 11.0. The Balaban J connectivity index is 2.68. The molecule has 0 N–H and O–H groups in total. The molecule has 14 heavy (non-hydrogen) atoms. The van der Waals surface area contributed by atoms with Crippen LogP contribution >= 0.6 is 0 Å². The molecule has 0 saturated heterocycles. The first-order chi connectivity index (χ1) is 6.77. The van der Waals surface area contributed by atoms with Gasteiger partial charge in [-0.2, -0.15) is 0 Å². The lowest BCUT2D eigenvalue weighted by molar-refractivity contribution is -0.129. The molecule has 0 radical (unpaired) electrons. The van der Waals surface area contributed by atoms with E-state index in [2.05, 4.69) is 9.47 Å². The maximum atomic E-state index is 11.0. The summed E-state index contributed by atoms with van der Waals surface area (Å²) in [5.41, 5.74) is 1.30. The van der Waals surface area contributed by atoms with E-state index in [4.69, 9.17) is 0 Å². The van der Waals surface area contributed by atoms with Gasteiger partial charge >= 0.3 is 5.97 Å². The molecule has 0 aliphatic heterocycles. The number of hydrogen-bond acceptors (Lipinski definition) is 4. The van der Waals surface area contributed by atoms with Crippen molar-refractivity contribution in [1.82, 2.24) is 0 Å². The SMILES string of the molecule is COC(=O)c1ccc(COC=O)cc1. The zero-order valence-electron chi connectivity index (χ0n) is 7.73. The second kappa shape index (κ2) is 5.01. The van der Waals surface area contributed by atoms with Gasteiger partial charge in [0, 0.05) is 0 Å². The van der Waals surface area contributed by atoms with Crippen molar-refractivity contribution < 1.29 is 19.1 Å². The number of methoxy groups -OCH3 is 1. The fourth-order valence-electron chi connectivity index (χ4n) is 0.985. The van der Waals surface area contributed by atoms with Crippen molar-refractivity contribution in [3.8, 4) is 0 Å². The van der Waals surface area contributed by atoms with Crippen LogP contribution in [0.1, 0.15) is 15.9 Å². The first kappa shape index (κ1) is 10.2. The van der Waals surface area contributed by atoms with Gasteiger partial charge in [0.25, 0.3) is 6.47 Å². The molecule has 4 heteroatoms. The Bertz CT molecular complexity index is 315. The summed E-state index contributed by atoms with van der Waals surface area (Å²) in [5.74, 6) is -0.382. The van der Waals surface area contributed by atoms with Crippen molar-refractivity contribution in [1.29, 1.82) is 0 Å². The number of carbonyl (C=O) groups is 2. The van der Waals surface area contributed by atoms with Crippen molar-refractivity contribution in [2.45, 2.75) is 6.61 Å². The van der Waals surface area contributed by atoms with Crippen LogP contribution in [0.3, 0.4) is 0 Å². The minimum atomic E-state index is -0.382. The first-order valence-corrected chi connectivity index (χ1v) is 4.00. The van der Waals surface area contributed by atoms with E-state index in [1.165, 1.54) is 7.11 Å². The predicted octanol–water partition coefficient (Wildman–Crippen LogP) is 1.15. The number of carbonyl (C=O) groups excluding carboxylic acids is 2. The highest BCUT2D eigenvalue weighted by molar-refractivity contribution is 5.89. The first-order valence-electron chi connectivity index (χ1n) is 4.00. The molecule has 74 valence electrons. The summed E-state index contributed by atoms with van der Waals surface area (Å²) in [6.07, 6.45) is 0. The molecule has 0 atom stereocenters. The molecular weight excluding hydrogens is 184 g/mol. The zero-order valence-corrected chi connectivity index (χ0v) is 7.73. The predicted molar refractivity (Wildman–Crippen MR) is 48.6 cm³/mol. The van der Waals surface area contributed by atoms with E-state index in [9.17, 15) is 9.59 Å². The Morgan fingerprint density at radius 2 is 2.00 bits per heavy atom. The molecule has 0 spiro atoms. The monoisotopic (exact) mass is 194 g/mol. The van der Waals surface area contributed by atoms with E-state index in [1.54, 1.807) is 24.3 Å². The second-order valence-electron chi connectivity index (χ2n) is 2.60. The summed E-state index contributed by atoms with van der Waals surface area (Å²) in [6, 6.07) is 6.65. The van der Waals surface area contributed by atoms with Gasteiger partial charge in [0.15, 0.2) is 0 Å². The van der Waals surface area contributed by atoms with E-state index in [0.717, 1.165) is 5.56 Å². The summed E-state index contributed by atoms with van der Waals surface area (Å²) in [5, 5.41) is 0. The number of ether oxygens (including phenoxy) is 2. The summed E-state index contributed by atoms with van der Waals surface area (Å²) in [6.45, 7) is 0.596.